The van der Waals surface area contributed by atoms with Crippen molar-refractivity contribution in [2.75, 3.05) is 7.05 Å². The molecule has 2 nitrogen and oxygen atoms in total. The Bertz CT molecular complexity index is 573. The Morgan fingerprint density at radius 1 is 1.32 bits per heavy atom. The number of thiazole rings is 1. The molecule has 1 N–H and O–H groups in total. The fourth-order valence-electron chi connectivity index (χ4n) is 3.06. The molecule has 3 rings (SSSR count). The average molecular weight is 339 g/mol. The minimum Gasteiger partial charge on any atom is -0.314 e. The van der Waals surface area contributed by atoms with Gasteiger partial charge in [-0.3, -0.25) is 0 Å². The van der Waals surface area contributed by atoms with E-state index in [1.54, 1.807) is 0 Å². The second-order valence-corrected chi connectivity index (χ2v) is 7.52. The lowest BCUT2D eigenvalue weighted by molar-refractivity contribution is 0.244. The molecule has 0 amide bonds. The van der Waals surface area contributed by atoms with Crippen LogP contribution in [-0.2, 0) is 6.42 Å². The predicted octanol–water partition coefficient (Wildman–Crippen LogP) is 4.52. The minimum atomic E-state index is 0.281. The molecule has 1 aromatic heterocycles. The van der Waals surface area contributed by atoms with E-state index in [-0.39, 0.29) is 5.54 Å². The Hall–Kier alpha value is -0.450. The average Bonchev–Trinajstić information content (AvgIpc) is 2.81. The number of rotatable bonds is 3. The molecule has 1 aromatic carbocycles. The van der Waals surface area contributed by atoms with Crippen molar-refractivity contribution in [2.24, 2.45) is 0 Å². The van der Waals surface area contributed by atoms with E-state index in [4.69, 9.17) is 4.98 Å². The lowest BCUT2D eigenvalue weighted by atomic mass is 9.79. The Kier molecular flexibility index (Phi) is 3.92. The summed E-state index contributed by atoms with van der Waals surface area (Å²) >= 11 is 5.36. The normalized spacial score (nSPS) is 18.8. The maximum Gasteiger partial charge on any atom is 0.0957 e. The van der Waals surface area contributed by atoms with Crippen LogP contribution in [0.5, 0.6) is 0 Å². The number of aromatic nitrogens is 1. The number of benzene rings is 1. The van der Waals surface area contributed by atoms with Gasteiger partial charge in [0.15, 0.2) is 0 Å². The Morgan fingerprint density at radius 3 is 2.84 bits per heavy atom. The SMILES string of the molecule is CNC1(Cc2nc3cc(Br)ccc3s2)CCCCC1. The molecule has 0 spiro atoms. The van der Waals surface area contributed by atoms with Gasteiger partial charge in [-0.05, 0) is 38.1 Å². The van der Waals surface area contributed by atoms with Crippen molar-refractivity contribution in [2.45, 2.75) is 44.1 Å². The number of nitrogens with one attached hydrogen (secondary N) is 1. The van der Waals surface area contributed by atoms with Crippen LogP contribution in [0.4, 0.5) is 0 Å². The highest BCUT2D eigenvalue weighted by Crippen LogP contribution is 2.34. The first-order valence-electron chi connectivity index (χ1n) is 6.95. The van der Waals surface area contributed by atoms with Crippen molar-refractivity contribution >= 4 is 37.5 Å². The van der Waals surface area contributed by atoms with Crippen molar-refractivity contribution in [1.82, 2.24) is 10.3 Å². The molecule has 0 atom stereocenters. The van der Waals surface area contributed by atoms with Crippen LogP contribution < -0.4 is 5.32 Å². The molecule has 1 fully saturated rings. The van der Waals surface area contributed by atoms with Gasteiger partial charge in [0, 0.05) is 16.4 Å². The summed E-state index contributed by atoms with van der Waals surface area (Å²) in [5.74, 6) is 0. The predicted molar refractivity (Wildman–Crippen MR) is 85.9 cm³/mol. The van der Waals surface area contributed by atoms with Crippen molar-refractivity contribution in [3.63, 3.8) is 0 Å². The van der Waals surface area contributed by atoms with Gasteiger partial charge in [-0.2, -0.15) is 0 Å². The van der Waals surface area contributed by atoms with Crippen LogP contribution >= 0.6 is 27.3 Å². The third kappa shape index (κ3) is 2.86. The molecule has 102 valence electrons. The van der Waals surface area contributed by atoms with E-state index in [2.05, 4.69) is 46.5 Å². The Labute approximate surface area is 126 Å². The monoisotopic (exact) mass is 338 g/mol. The van der Waals surface area contributed by atoms with E-state index in [9.17, 15) is 0 Å². The highest BCUT2D eigenvalue weighted by Gasteiger charge is 2.31. The van der Waals surface area contributed by atoms with E-state index in [1.807, 2.05) is 11.3 Å². The molecule has 1 saturated carbocycles. The summed E-state index contributed by atoms with van der Waals surface area (Å²) < 4.78 is 2.40. The van der Waals surface area contributed by atoms with E-state index in [0.29, 0.717) is 0 Å². The third-order valence-corrected chi connectivity index (χ3v) is 5.75. The van der Waals surface area contributed by atoms with Crippen LogP contribution in [0.3, 0.4) is 0 Å². The first-order chi connectivity index (χ1) is 9.21. The van der Waals surface area contributed by atoms with Crippen molar-refractivity contribution in [3.05, 3.63) is 27.7 Å². The first-order valence-corrected chi connectivity index (χ1v) is 8.56. The van der Waals surface area contributed by atoms with E-state index in [0.717, 1.165) is 16.4 Å². The largest absolute Gasteiger partial charge is 0.314 e. The molecule has 0 unspecified atom stereocenters. The van der Waals surface area contributed by atoms with Gasteiger partial charge in [-0.25, -0.2) is 4.98 Å². The zero-order valence-corrected chi connectivity index (χ0v) is 13.6. The molecule has 19 heavy (non-hydrogen) atoms. The molecule has 4 heteroatoms. The lowest BCUT2D eigenvalue weighted by Gasteiger charge is -2.36. The molecule has 2 aromatic rings. The fraction of sp³-hybridized carbons (Fsp3) is 0.533. The van der Waals surface area contributed by atoms with Crippen LogP contribution in [-0.4, -0.2) is 17.6 Å². The smallest absolute Gasteiger partial charge is 0.0957 e. The van der Waals surface area contributed by atoms with Gasteiger partial charge in [0.2, 0.25) is 0 Å². The van der Waals surface area contributed by atoms with Crippen molar-refractivity contribution < 1.29 is 0 Å². The number of halogens is 1. The number of likely N-dealkylation sites (N-methyl/N-ethyl adjacent to an activating group) is 1. The second kappa shape index (κ2) is 5.51. The third-order valence-electron chi connectivity index (χ3n) is 4.22. The first kappa shape index (κ1) is 13.5. The summed E-state index contributed by atoms with van der Waals surface area (Å²) in [6, 6.07) is 6.37. The lowest BCUT2D eigenvalue weighted by Crippen LogP contribution is -2.46. The minimum absolute atomic E-state index is 0.281. The molecule has 1 aliphatic rings. The maximum atomic E-state index is 4.81. The Morgan fingerprint density at radius 2 is 2.11 bits per heavy atom. The zero-order valence-electron chi connectivity index (χ0n) is 11.2. The van der Waals surface area contributed by atoms with Crippen LogP contribution in [0.2, 0.25) is 0 Å². The van der Waals surface area contributed by atoms with Crippen LogP contribution in [0, 0.1) is 0 Å². The number of hydrogen-bond donors (Lipinski definition) is 1. The summed E-state index contributed by atoms with van der Waals surface area (Å²) in [5.41, 5.74) is 1.40. The standard InChI is InChI=1S/C15H19BrN2S/c1-17-15(7-3-2-4-8-15)10-14-18-12-9-11(16)5-6-13(12)19-14/h5-6,9,17H,2-4,7-8,10H2,1H3. The summed E-state index contributed by atoms with van der Waals surface area (Å²) in [6.45, 7) is 0. The van der Waals surface area contributed by atoms with E-state index < -0.39 is 0 Å². The molecule has 0 bridgehead atoms. The highest BCUT2D eigenvalue weighted by atomic mass is 79.9. The quantitative estimate of drug-likeness (QED) is 0.889. The van der Waals surface area contributed by atoms with Crippen LogP contribution in [0.1, 0.15) is 37.1 Å². The number of hydrogen-bond acceptors (Lipinski definition) is 3. The molecule has 0 aliphatic heterocycles. The molecule has 0 radical (unpaired) electrons. The molecule has 1 aliphatic carbocycles. The van der Waals surface area contributed by atoms with Crippen LogP contribution in [0.25, 0.3) is 10.2 Å². The summed E-state index contributed by atoms with van der Waals surface area (Å²) in [4.78, 5) is 4.81. The van der Waals surface area contributed by atoms with Crippen LogP contribution in [0.15, 0.2) is 22.7 Å². The molecular formula is C15H19BrN2S. The van der Waals surface area contributed by atoms with E-state index in [1.165, 1.54) is 41.8 Å². The van der Waals surface area contributed by atoms with Gasteiger partial charge >= 0.3 is 0 Å². The Balaban J connectivity index is 1.87. The van der Waals surface area contributed by atoms with Gasteiger partial charge < -0.3 is 5.32 Å². The van der Waals surface area contributed by atoms with Gasteiger partial charge in [-0.1, -0.05) is 35.2 Å². The van der Waals surface area contributed by atoms with Gasteiger partial charge in [0.25, 0.3) is 0 Å². The number of fused-ring (bicyclic) bond motifs is 1. The zero-order chi connectivity index (χ0) is 13.3. The summed E-state index contributed by atoms with van der Waals surface area (Å²) in [7, 11) is 2.11. The molecular weight excluding hydrogens is 320 g/mol. The topological polar surface area (TPSA) is 24.9 Å². The highest BCUT2D eigenvalue weighted by molar-refractivity contribution is 9.10. The summed E-state index contributed by atoms with van der Waals surface area (Å²) in [6.07, 6.45) is 7.71. The fourth-order valence-corrected chi connectivity index (χ4v) is 4.50. The van der Waals surface area contributed by atoms with Crippen molar-refractivity contribution in [3.8, 4) is 0 Å². The second-order valence-electron chi connectivity index (χ2n) is 5.49. The molecule has 1 heterocycles. The maximum absolute atomic E-state index is 4.81. The van der Waals surface area contributed by atoms with Gasteiger partial charge in [-0.15, -0.1) is 11.3 Å². The van der Waals surface area contributed by atoms with Gasteiger partial charge in [0.05, 0.1) is 15.2 Å². The van der Waals surface area contributed by atoms with E-state index >= 15 is 0 Å². The molecule has 0 saturated heterocycles. The van der Waals surface area contributed by atoms with Gasteiger partial charge in [0.1, 0.15) is 0 Å². The number of nitrogens with zero attached hydrogens (tertiary/aromatic N) is 1. The summed E-state index contributed by atoms with van der Waals surface area (Å²) in [5, 5.41) is 4.85. The van der Waals surface area contributed by atoms with Crippen molar-refractivity contribution in [1.29, 1.82) is 0 Å².